The number of carbonyl (C=O) groups is 1. The third kappa shape index (κ3) is 2.41. The summed E-state index contributed by atoms with van der Waals surface area (Å²) in [6.07, 6.45) is 2.52. The summed E-state index contributed by atoms with van der Waals surface area (Å²) in [4.78, 5) is 15.2. The van der Waals surface area contributed by atoms with E-state index in [0.717, 1.165) is 17.0 Å². The van der Waals surface area contributed by atoms with Gasteiger partial charge >= 0.3 is 0 Å². The molecule has 2 aromatic rings. The maximum atomic E-state index is 11.0. The van der Waals surface area contributed by atoms with E-state index in [2.05, 4.69) is 4.98 Å². The Bertz CT molecular complexity index is 465. The number of rotatable bonds is 3. The standard InChI is InChI=1S/C11H10N2OS/c12-11(14)9-3-1-2-8(6-9)7-10-13-4-5-15-10/h1-6H,7H2,(H2,12,14). The van der Waals surface area contributed by atoms with E-state index >= 15 is 0 Å². The summed E-state index contributed by atoms with van der Waals surface area (Å²) in [6.45, 7) is 0. The van der Waals surface area contributed by atoms with Crippen molar-refractivity contribution in [1.29, 1.82) is 0 Å². The highest BCUT2D eigenvalue weighted by atomic mass is 32.1. The predicted octanol–water partition coefficient (Wildman–Crippen LogP) is 1.83. The van der Waals surface area contributed by atoms with Crippen LogP contribution in [-0.2, 0) is 6.42 Å². The predicted molar refractivity (Wildman–Crippen MR) is 59.9 cm³/mol. The van der Waals surface area contributed by atoms with Crippen molar-refractivity contribution >= 4 is 17.2 Å². The second-order valence-corrected chi connectivity index (χ2v) is 4.15. The molecule has 0 saturated carbocycles. The average molecular weight is 218 g/mol. The van der Waals surface area contributed by atoms with Gasteiger partial charge in [-0.1, -0.05) is 12.1 Å². The minimum atomic E-state index is -0.393. The molecule has 0 radical (unpaired) electrons. The Kier molecular flexibility index (Phi) is 2.78. The Morgan fingerprint density at radius 1 is 1.47 bits per heavy atom. The molecule has 15 heavy (non-hydrogen) atoms. The lowest BCUT2D eigenvalue weighted by Crippen LogP contribution is -2.10. The van der Waals surface area contributed by atoms with E-state index in [1.54, 1.807) is 23.6 Å². The number of hydrogen-bond acceptors (Lipinski definition) is 3. The van der Waals surface area contributed by atoms with Gasteiger partial charge in [0.05, 0.1) is 5.01 Å². The minimum Gasteiger partial charge on any atom is -0.366 e. The van der Waals surface area contributed by atoms with E-state index < -0.39 is 5.91 Å². The zero-order valence-electron chi connectivity index (χ0n) is 8.01. The van der Waals surface area contributed by atoms with Crippen molar-refractivity contribution in [3.05, 3.63) is 52.0 Å². The Morgan fingerprint density at radius 2 is 2.33 bits per heavy atom. The van der Waals surface area contributed by atoms with Crippen LogP contribution in [0.25, 0.3) is 0 Å². The van der Waals surface area contributed by atoms with Crippen molar-refractivity contribution < 1.29 is 4.79 Å². The topological polar surface area (TPSA) is 56.0 Å². The number of benzene rings is 1. The fourth-order valence-corrected chi connectivity index (χ4v) is 2.00. The van der Waals surface area contributed by atoms with Crippen molar-refractivity contribution in [2.75, 3.05) is 0 Å². The van der Waals surface area contributed by atoms with Gasteiger partial charge < -0.3 is 5.73 Å². The third-order valence-corrected chi connectivity index (χ3v) is 2.83. The quantitative estimate of drug-likeness (QED) is 0.854. The Hall–Kier alpha value is -1.68. The van der Waals surface area contributed by atoms with Crippen LogP contribution in [0.5, 0.6) is 0 Å². The molecule has 76 valence electrons. The maximum Gasteiger partial charge on any atom is 0.248 e. The molecule has 0 spiro atoms. The number of primary amides is 1. The zero-order chi connectivity index (χ0) is 10.7. The van der Waals surface area contributed by atoms with Crippen molar-refractivity contribution in [2.45, 2.75) is 6.42 Å². The summed E-state index contributed by atoms with van der Waals surface area (Å²) in [5.41, 5.74) is 6.81. The fourth-order valence-electron chi connectivity index (χ4n) is 1.35. The second-order valence-electron chi connectivity index (χ2n) is 3.17. The molecule has 0 unspecified atom stereocenters. The summed E-state index contributed by atoms with van der Waals surface area (Å²) in [6, 6.07) is 7.33. The van der Waals surface area contributed by atoms with Crippen LogP contribution in [-0.4, -0.2) is 10.9 Å². The first-order chi connectivity index (χ1) is 7.25. The van der Waals surface area contributed by atoms with E-state index in [1.807, 2.05) is 23.6 Å². The van der Waals surface area contributed by atoms with E-state index in [0.29, 0.717) is 5.56 Å². The van der Waals surface area contributed by atoms with Gasteiger partial charge in [-0.25, -0.2) is 4.98 Å². The minimum absolute atomic E-state index is 0.393. The van der Waals surface area contributed by atoms with Gasteiger partial charge in [-0.15, -0.1) is 11.3 Å². The molecule has 0 saturated heterocycles. The molecule has 0 atom stereocenters. The van der Waals surface area contributed by atoms with Crippen LogP contribution in [0.15, 0.2) is 35.8 Å². The van der Waals surface area contributed by atoms with Crippen LogP contribution in [0.4, 0.5) is 0 Å². The molecule has 0 bridgehead atoms. The van der Waals surface area contributed by atoms with Crippen molar-refractivity contribution in [2.24, 2.45) is 5.73 Å². The van der Waals surface area contributed by atoms with Crippen LogP contribution in [0, 0.1) is 0 Å². The van der Waals surface area contributed by atoms with Gasteiger partial charge in [0.2, 0.25) is 5.91 Å². The van der Waals surface area contributed by atoms with Crippen LogP contribution in [0.2, 0.25) is 0 Å². The Morgan fingerprint density at radius 3 is 3.00 bits per heavy atom. The number of thiazole rings is 1. The molecule has 2 rings (SSSR count). The molecule has 0 aliphatic rings. The van der Waals surface area contributed by atoms with Crippen LogP contribution in [0.1, 0.15) is 20.9 Å². The molecular formula is C11H10N2OS. The first-order valence-corrected chi connectivity index (χ1v) is 5.41. The van der Waals surface area contributed by atoms with Crippen LogP contribution in [0.3, 0.4) is 0 Å². The lowest BCUT2D eigenvalue weighted by molar-refractivity contribution is 0.1000. The summed E-state index contributed by atoms with van der Waals surface area (Å²) < 4.78 is 0. The van der Waals surface area contributed by atoms with Crippen molar-refractivity contribution in [3.8, 4) is 0 Å². The highest BCUT2D eigenvalue weighted by Crippen LogP contribution is 2.13. The van der Waals surface area contributed by atoms with Crippen molar-refractivity contribution in [1.82, 2.24) is 4.98 Å². The maximum absolute atomic E-state index is 11.0. The van der Waals surface area contributed by atoms with E-state index in [-0.39, 0.29) is 0 Å². The number of hydrogen-bond donors (Lipinski definition) is 1. The monoisotopic (exact) mass is 218 g/mol. The van der Waals surface area contributed by atoms with Gasteiger partial charge in [-0.05, 0) is 17.7 Å². The van der Waals surface area contributed by atoms with Gasteiger partial charge in [0, 0.05) is 23.6 Å². The highest BCUT2D eigenvalue weighted by Gasteiger charge is 2.03. The molecule has 0 aliphatic carbocycles. The van der Waals surface area contributed by atoms with Gasteiger partial charge in [0.25, 0.3) is 0 Å². The molecule has 1 aromatic heterocycles. The average Bonchev–Trinajstić information content (AvgIpc) is 2.71. The second kappa shape index (κ2) is 4.23. The molecule has 3 nitrogen and oxygen atoms in total. The van der Waals surface area contributed by atoms with E-state index in [4.69, 9.17) is 5.73 Å². The summed E-state index contributed by atoms with van der Waals surface area (Å²) >= 11 is 1.60. The van der Waals surface area contributed by atoms with Gasteiger partial charge in [0.1, 0.15) is 0 Å². The van der Waals surface area contributed by atoms with Crippen molar-refractivity contribution in [3.63, 3.8) is 0 Å². The number of aromatic nitrogens is 1. The molecular weight excluding hydrogens is 208 g/mol. The first kappa shape index (κ1) is 9.86. The van der Waals surface area contributed by atoms with E-state index in [9.17, 15) is 4.79 Å². The molecule has 1 amide bonds. The highest BCUT2D eigenvalue weighted by molar-refractivity contribution is 7.09. The largest absolute Gasteiger partial charge is 0.366 e. The molecule has 2 N–H and O–H groups in total. The normalized spacial score (nSPS) is 10.1. The van der Waals surface area contributed by atoms with Crippen LogP contribution < -0.4 is 5.73 Å². The van der Waals surface area contributed by atoms with Gasteiger partial charge in [0.15, 0.2) is 0 Å². The lowest BCUT2D eigenvalue weighted by atomic mass is 10.1. The SMILES string of the molecule is NC(=O)c1cccc(Cc2nccs2)c1. The molecule has 0 aliphatic heterocycles. The lowest BCUT2D eigenvalue weighted by Gasteiger charge is -2.00. The number of nitrogens with zero attached hydrogens (tertiary/aromatic N) is 1. The zero-order valence-corrected chi connectivity index (χ0v) is 8.83. The molecule has 0 fully saturated rings. The molecule has 4 heteroatoms. The molecule has 1 heterocycles. The third-order valence-electron chi connectivity index (χ3n) is 2.05. The number of amides is 1. The Balaban J connectivity index is 2.22. The Labute approximate surface area is 91.6 Å². The van der Waals surface area contributed by atoms with E-state index in [1.165, 1.54) is 0 Å². The first-order valence-electron chi connectivity index (χ1n) is 4.53. The van der Waals surface area contributed by atoms with Crippen LogP contribution >= 0.6 is 11.3 Å². The van der Waals surface area contributed by atoms with Gasteiger partial charge in [-0.3, -0.25) is 4.79 Å². The number of nitrogens with two attached hydrogens (primary N) is 1. The van der Waals surface area contributed by atoms with Gasteiger partial charge in [-0.2, -0.15) is 0 Å². The summed E-state index contributed by atoms with van der Waals surface area (Å²) in [5.74, 6) is -0.393. The fraction of sp³-hybridized carbons (Fsp3) is 0.0909. The summed E-state index contributed by atoms with van der Waals surface area (Å²) in [7, 11) is 0. The number of carbonyl (C=O) groups excluding carboxylic acids is 1. The smallest absolute Gasteiger partial charge is 0.248 e. The molecule has 1 aromatic carbocycles. The summed E-state index contributed by atoms with van der Waals surface area (Å²) in [5, 5.41) is 2.98.